The standard InChI is InChI=1S/C14H18O3/c1-3-4-5-12(15)8-6-11-7-9-13(16)14(10-11)17-2/h4-5,7,9-10,16H,3,6,8H2,1-2H3/b5-4+. The van der Waals surface area contributed by atoms with Crippen molar-refractivity contribution in [1.29, 1.82) is 0 Å². The second-order valence-electron chi connectivity index (χ2n) is 3.78. The molecule has 0 aliphatic carbocycles. The number of methoxy groups -OCH3 is 1. The summed E-state index contributed by atoms with van der Waals surface area (Å²) in [6.07, 6.45) is 5.49. The molecule has 3 nitrogen and oxygen atoms in total. The first-order valence-electron chi connectivity index (χ1n) is 5.72. The number of aromatic hydroxyl groups is 1. The zero-order valence-electron chi connectivity index (χ0n) is 10.3. The fourth-order valence-electron chi connectivity index (χ4n) is 1.48. The maximum Gasteiger partial charge on any atom is 0.160 e. The van der Waals surface area contributed by atoms with Crippen LogP contribution in [0.4, 0.5) is 0 Å². The number of rotatable bonds is 6. The van der Waals surface area contributed by atoms with Crippen LogP contribution in [0.5, 0.6) is 11.5 Å². The van der Waals surface area contributed by atoms with Crippen molar-refractivity contribution in [2.45, 2.75) is 26.2 Å². The number of phenols is 1. The molecular formula is C14H18O3. The number of hydrogen-bond donors (Lipinski definition) is 1. The first-order chi connectivity index (χ1) is 8.17. The molecule has 0 aliphatic rings. The van der Waals surface area contributed by atoms with E-state index in [1.165, 1.54) is 7.11 Å². The average molecular weight is 234 g/mol. The molecule has 0 heterocycles. The normalized spacial score (nSPS) is 10.7. The van der Waals surface area contributed by atoms with E-state index >= 15 is 0 Å². The molecule has 0 aliphatic heterocycles. The monoisotopic (exact) mass is 234 g/mol. The molecular weight excluding hydrogens is 216 g/mol. The zero-order chi connectivity index (χ0) is 12.7. The molecule has 0 fully saturated rings. The van der Waals surface area contributed by atoms with Crippen molar-refractivity contribution in [3.8, 4) is 11.5 Å². The number of phenolic OH excluding ortho intramolecular Hbond substituents is 1. The molecule has 1 N–H and O–H groups in total. The number of benzene rings is 1. The van der Waals surface area contributed by atoms with E-state index in [1.807, 2.05) is 13.0 Å². The minimum absolute atomic E-state index is 0.119. The molecule has 0 saturated carbocycles. The Kier molecular flexibility index (Phi) is 5.27. The molecule has 1 rings (SSSR count). The van der Waals surface area contributed by atoms with Crippen LogP contribution < -0.4 is 4.74 Å². The number of allylic oxidation sites excluding steroid dienone is 2. The SMILES string of the molecule is CC/C=C/C(=O)CCc1ccc(O)c(OC)c1. The van der Waals surface area contributed by atoms with Crippen molar-refractivity contribution >= 4 is 5.78 Å². The van der Waals surface area contributed by atoms with Crippen LogP contribution in [0.25, 0.3) is 0 Å². The van der Waals surface area contributed by atoms with Gasteiger partial charge in [-0.3, -0.25) is 4.79 Å². The van der Waals surface area contributed by atoms with Crippen molar-refractivity contribution in [1.82, 2.24) is 0 Å². The van der Waals surface area contributed by atoms with E-state index in [9.17, 15) is 9.90 Å². The van der Waals surface area contributed by atoms with Gasteiger partial charge in [0.15, 0.2) is 17.3 Å². The number of carbonyl (C=O) groups is 1. The summed E-state index contributed by atoms with van der Waals surface area (Å²) >= 11 is 0. The minimum atomic E-state index is 0.119. The highest BCUT2D eigenvalue weighted by atomic mass is 16.5. The Morgan fingerprint density at radius 1 is 1.47 bits per heavy atom. The molecule has 0 aromatic heterocycles. The molecule has 1 aromatic carbocycles. The largest absolute Gasteiger partial charge is 0.504 e. The summed E-state index contributed by atoms with van der Waals surface area (Å²) in [6, 6.07) is 5.14. The predicted molar refractivity (Wildman–Crippen MR) is 67.4 cm³/mol. The highest BCUT2D eigenvalue weighted by Gasteiger charge is 2.04. The van der Waals surface area contributed by atoms with Crippen LogP contribution in [-0.4, -0.2) is 18.0 Å². The van der Waals surface area contributed by atoms with E-state index in [0.29, 0.717) is 18.6 Å². The highest BCUT2D eigenvalue weighted by molar-refractivity contribution is 5.89. The van der Waals surface area contributed by atoms with Gasteiger partial charge in [-0.25, -0.2) is 0 Å². The summed E-state index contributed by atoms with van der Waals surface area (Å²) in [4.78, 5) is 11.4. The van der Waals surface area contributed by atoms with Gasteiger partial charge < -0.3 is 9.84 Å². The van der Waals surface area contributed by atoms with Crippen LogP contribution in [0.3, 0.4) is 0 Å². The smallest absolute Gasteiger partial charge is 0.160 e. The van der Waals surface area contributed by atoms with E-state index in [2.05, 4.69) is 0 Å². The molecule has 3 heteroatoms. The molecule has 1 aromatic rings. The van der Waals surface area contributed by atoms with Gasteiger partial charge in [0.1, 0.15) is 0 Å². The first-order valence-corrected chi connectivity index (χ1v) is 5.72. The predicted octanol–water partition coefficient (Wildman–Crippen LogP) is 2.87. The summed E-state index contributed by atoms with van der Waals surface area (Å²) < 4.78 is 5.01. The van der Waals surface area contributed by atoms with E-state index in [1.54, 1.807) is 24.3 Å². The van der Waals surface area contributed by atoms with Gasteiger partial charge >= 0.3 is 0 Å². The van der Waals surface area contributed by atoms with Crippen molar-refractivity contribution < 1.29 is 14.6 Å². The van der Waals surface area contributed by atoms with Gasteiger partial charge in [-0.05, 0) is 36.6 Å². The van der Waals surface area contributed by atoms with Gasteiger partial charge in [0.05, 0.1) is 7.11 Å². The molecule has 0 radical (unpaired) electrons. The van der Waals surface area contributed by atoms with Crippen LogP contribution >= 0.6 is 0 Å². The lowest BCUT2D eigenvalue weighted by atomic mass is 10.1. The third kappa shape index (κ3) is 4.31. The Labute approximate surface area is 102 Å². The lowest BCUT2D eigenvalue weighted by molar-refractivity contribution is -0.114. The summed E-state index contributed by atoms with van der Waals surface area (Å²) in [6.45, 7) is 1.99. The fraction of sp³-hybridized carbons (Fsp3) is 0.357. The summed E-state index contributed by atoms with van der Waals surface area (Å²) in [5.74, 6) is 0.686. The number of aryl methyl sites for hydroxylation is 1. The first kappa shape index (κ1) is 13.3. The van der Waals surface area contributed by atoms with Gasteiger partial charge in [-0.1, -0.05) is 19.1 Å². The van der Waals surface area contributed by atoms with Gasteiger partial charge in [0.25, 0.3) is 0 Å². The summed E-state index contributed by atoms with van der Waals surface area (Å²) in [7, 11) is 1.51. The second kappa shape index (κ2) is 6.74. The maximum absolute atomic E-state index is 11.4. The van der Waals surface area contributed by atoms with Gasteiger partial charge in [-0.2, -0.15) is 0 Å². The number of hydrogen-bond acceptors (Lipinski definition) is 3. The molecule has 0 saturated heterocycles. The summed E-state index contributed by atoms with van der Waals surface area (Å²) in [5, 5.41) is 9.43. The Morgan fingerprint density at radius 3 is 2.88 bits per heavy atom. The number of carbonyl (C=O) groups excluding carboxylic acids is 1. The van der Waals surface area contributed by atoms with E-state index in [4.69, 9.17) is 4.74 Å². The van der Waals surface area contributed by atoms with Gasteiger partial charge in [0.2, 0.25) is 0 Å². The average Bonchev–Trinajstić information content (AvgIpc) is 2.35. The van der Waals surface area contributed by atoms with Gasteiger partial charge in [0, 0.05) is 6.42 Å². The van der Waals surface area contributed by atoms with Crippen molar-refractivity contribution in [3.63, 3.8) is 0 Å². The molecule has 17 heavy (non-hydrogen) atoms. The molecule has 0 unspecified atom stereocenters. The Bertz CT molecular complexity index is 408. The second-order valence-corrected chi connectivity index (χ2v) is 3.78. The summed E-state index contributed by atoms with van der Waals surface area (Å²) in [5.41, 5.74) is 0.984. The quantitative estimate of drug-likeness (QED) is 0.770. The van der Waals surface area contributed by atoms with E-state index < -0.39 is 0 Å². The molecule has 0 bridgehead atoms. The van der Waals surface area contributed by atoms with Crippen molar-refractivity contribution in [2.24, 2.45) is 0 Å². The van der Waals surface area contributed by atoms with Crippen LogP contribution in [0.15, 0.2) is 30.4 Å². The van der Waals surface area contributed by atoms with E-state index in [-0.39, 0.29) is 11.5 Å². The maximum atomic E-state index is 11.4. The van der Waals surface area contributed by atoms with Crippen LogP contribution in [-0.2, 0) is 11.2 Å². The molecule has 0 atom stereocenters. The fourth-order valence-corrected chi connectivity index (χ4v) is 1.48. The third-order valence-electron chi connectivity index (χ3n) is 2.44. The highest BCUT2D eigenvalue weighted by Crippen LogP contribution is 2.26. The molecule has 0 amide bonds. The lowest BCUT2D eigenvalue weighted by Gasteiger charge is -2.05. The molecule has 92 valence electrons. The Balaban J connectivity index is 2.57. The van der Waals surface area contributed by atoms with Crippen molar-refractivity contribution in [2.75, 3.05) is 7.11 Å². The van der Waals surface area contributed by atoms with Gasteiger partial charge in [-0.15, -0.1) is 0 Å². The minimum Gasteiger partial charge on any atom is -0.504 e. The lowest BCUT2D eigenvalue weighted by Crippen LogP contribution is -1.96. The zero-order valence-corrected chi connectivity index (χ0v) is 10.3. The Hall–Kier alpha value is -1.77. The van der Waals surface area contributed by atoms with E-state index in [0.717, 1.165) is 12.0 Å². The number of ether oxygens (including phenoxy) is 1. The van der Waals surface area contributed by atoms with Crippen LogP contribution in [0.1, 0.15) is 25.3 Å². The van der Waals surface area contributed by atoms with Crippen LogP contribution in [0, 0.1) is 0 Å². The van der Waals surface area contributed by atoms with Crippen molar-refractivity contribution in [3.05, 3.63) is 35.9 Å². The Morgan fingerprint density at radius 2 is 2.24 bits per heavy atom. The number of ketones is 1. The third-order valence-corrected chi connectivity index (χ3v) is 2.44. The van der Waals surface area contributed by atoms with Crippen LogP contribution in [0.2, 0.25) is 0 Å². The molecule has 0 spiro atoms. The topological polar surface area (TPSA) is 46.5 Å².